The van der Waals surface area contributed by atoms with Crippen molar-refractivity contribution in [2.45, 2.75) is 20.8 Å². The fourth-order valence-corrected chi connectivity index (χ4v) is 1.93. The van der Waals surface area contributed by atoms with Crippen LogP contribution in [-0.4, -0.2) is 11.7 Å². The molecule has 0 spiro atoms. The molecule has 0 aliphatic rings. The molecule has 0 saturated carbocycles. The highest BCUT2D eigenvalue weighted by Gasteiger charge is 2.01. The maximum Gasteiger partial charge on any atom is 0.170 e. The third kappa shape index (κ3) is 3.64. The van der Waals surface area contributed by atoms with Gasteiger partial charge in [0.1, 0.15) is 0 Å². The van der Waals surface area contributed by atoms with Gasteiger partial charge in [-0.1, -0.05) is 13.8 Å². The van der Waals surface area contributed by atoms with E-state index >= 15 is 0 Å². The van der Waals surface area contributed by atoms with Gasteiger partial charge in [-0.25, -0.2) is 0 Å². The monoisotopic (exact) mass is 228 g/mol. The minimum Gasteiger partial charge on any atom is -0.362 e. The maximum atomic E-state index is 5.16. The molecule has 0 fully saturated rings. The van der Waals surface area contributed by atoms with Crippen LogP contribution in [0, 0.1) is 12.8 Å². The van der Waals surface area contributed by atoms with E-state index in [1.165, 1.54) is 5.56 Å². The van der Waals surface area contributed by atoms with Gasteiger partial charge in [0.05, 0.1) is 5.69 Å². The van der Waals surface area contributed by atoms with E-state index in [9.17, 15) is 0 Å². The predicted octanol–water partition coefficient (Wildman–Crippen LogP) is 3.00. The van der Waals surface area contributed by atoms with Crippen LogP contribution < -0.4 is 10.6 Å². The maximum absolute atomic E-state index is 5.16. The molecule has 2 nitrogen and oxygen atoms in total. The summed E-state index contributed by atoms with van der Waals surface area (Å²) in [5, 5.41) is 11.2. The normalized spacial score (nSPS) is 10.3. The summed E-state index contributed by atoms with van der Waals surface area (Å²) in [7, 11) is 0. The van der Waals surface area contributed by atoms with Crippen LogP contribution >= 0.6 is 23.6 Å². The van der Waals surface area contributed by atoms with E-state index in [2.05, 4.69) is 42.2 Å². The summed E-state index contributed by atoms with van der Waals surface area (Å²) in [6.07, 6.45) is 0. The highest BCUT2D eigenvalue weighted by molar-refractivity contribution is 7.80. The first kappa shape index (κ1) is 11.5. The lowest BCUT2D eigenvalue weighted by Crippen LogP contribution is -2.31. The molecule has 0 bridgehead atoms. The lowest BCUT2D eigenvalue weighted by Gasteiger charge is -2.11. The molecule has 1 heterocycles. The van der Waals surface area contributed by atoms with Gasteiger partial charge in [0, 0.05) is 11.9 Å². The van der Waals surface area contributed by atoms with E-state index in [1.54, 1.807) is 11.3 Å². The second-order valence-electron chi connectivity index (χ2n) is 3.70. The van der Waals surface area contributed by atoms with Gasteiger partial charge in [-0.3, -0.25) is 0 Å². The van der Waals surface area contributed by atoms with Crippen LogP contribution in [0.2, 0.25) is 0 Å². The summed E-state index contributed by atoms with van der Waals surface area (Å²) >= 11 is 6.85. The Morgan fingerprint density at radius 3 is 2.71 bits per heavy atom. The quantitative estimate of drug-likeness (QED) is 0.778. The van der Waals surface area contributed by atoms with Crippen LogP contribution in [-0.2, 0) is 0 Å². The van der Waals surface area contributed by atoms with Gasteiger partial charge in [0.25, 0.3) is 0 Å². The molecular weight excluding hydrogens is 212 g/mol. The Labute approximate surface area is 94.7 Å². The highest BCUT2D eigenvalue weighted by atomic mass is 32.1. The van der Waals surface area contributed by atoms with Gasteiger partial charge < -0.3 is 10.6 Å². The van der Waals surface area contributed by atoms with Gasteiger partial charge in [-0.05, 0) is 36.0 Å². The first-order valence-electron chi connectivity index (χ1n) is 4.67. The van der Waals surface area contributed by atoms with Crippen LogP contribution in [0.1, 0.15) is 19.4 Å². The number of hydrogen-bond donors (Lipinski definition) is 2. The van der Waals surface area contributed by atoms with Crippen molar-refractivity contribution in [2.75, 3.05) is 11.9 Å². The molecule has 1 rings (SSSR count). The second kappa shape index (κ2) is 5.32. The van der Waals surface area contributed by atoms with Gasteiger partial charge >= 0.3 is 0 Å². The molecule has 0 saturated heterocycles. The Morgan fingerprint density at radius 2 is 2.21 bits per heavy atom. The van der Waals surface area contributed by atoms with E-state index in [0.717, 1.165) is 12.2 Å². The zero-order valence-corrected chi connectivity index (χ0v) is 10.4. The van der Waals surface area contributed by atoms with Crippen molar-refractivity contribution in [1.82, 2.24) is 5.32 Å². The van der Waals surface area contributed by atoms with Crippen molar-refractivity contribution in [3.63, 3.8) is 0 Å². The second-order valence-corrected chi connectivity index (χ2v) is 4.85. The third-order valence-corrected chi connectivity index (χ3v) is 2.88. The molecular formula is C10H16N2S2. The Balaban J connectivity index is 2.38. The summed E-state index contributed by atoms with van der Waals surface area (Å²) in [5.74, 6) is 0.610. The third-order valence-electron chi connectivity index (χ3n) is 1.77. The molecule has 0 atom stereocenters. The number of aryl methyl sites for hydroxylation is 1. The summed E-state index contributed by atoms with van der Waals surface area (Å²) in [4.78, 5) is 0. The molecule has 78 valence electrons. The summed E-state index contributed by atoms with van der Waals surface area (Å²) in [5.41, 5.74) is 2.35. The number of rotatable bonds is 3. The Kier molecular flexibility index (Phi) is 4.35. The van der Waals surface area contributed by atoms with Crippen LogP contribution in [0.15, 0.2) is 10.8 Å². The molecule has 0 amide bonds. The van der Waals surface area contributed by atoms with Crippen LogP contribution in [0.5, 0.6) is 0 Å². The van der Waals surface area contributed by atoms with Gasteiger partial charge in [0.15, 0.2) is 5.11 Å². The van der Waals surface area contributed by atoms with E-state index in [4.69, 9.17) is 12.2 Å². The lowest BCUT2D eigenvalue weighted by atomic mass is 10.2. The number of thiophene rings is 1. The van der Waals surface area contributed by atoms with Crippen LogP contribution in [0.3, 0.4) is 0 Å². The van der Waals surface area contributed by atoms with Crippen molar-refractivity contribution in [2.24, 2.45) is 5.92 Å². The standard InChI is InChI=1S/C10H16N2S2/c1-7(2)4-11-10(13)12-9-6-14-5-8(9)3/h5-7H,4H2,1-3H3,(H2,11,12,13). The van der Waals surface area contributed by atoms with E-state index in [1.807, 2.05) is 0 Å². The van der Waals surface area contributed by atoms with Crippen LogP contribution in [0.4, 0.5) is 5.69 Å². The minimum absolute atomic E-state index is 0.610. The van der Waals surface area contributed by atoms with Crippen molar-refractivity contribution < 1.29 is 0 Å². The number of anilines is 1. The topological polar surface area (TPSA) is 24.1 Å². The number of nitrogens with one attached hydrogen (secondary N) is 2. The highest BCUT2D eigenvalue weighted by Crippen LogP contribution is 2.18. The Bertz CT molecular complexity index is 305. The van der Waals surface area contributed by atoms with Gasteiger partial charge in [-0.2, -0.15) is 0 Å². The molecule has 0 radical (unpaired) electrons. The molecule has 1 aromatic heterocycles. The largest absolute Gasteiger partial charge is 0.362 e. The summed E-state index contributed by atoms with van der Waals surface area (Å²) in [6, 6.07) is 0. The Morgan fingerprint density at radius 1 is 1.50 bits per heavy atom. The van der Waals surface area contributed by atoms with E-state index in [0.29, 0.717) is 11.0 Å². The van der Waals surface area contributed by atoms with Crippen molar-refractivity contribution >= 4 is 34.4 Å². The smallest absolute Gasteiger partial charge is 0.170 e. The first-order valence-corrected chi connectivity index (χ1v) is 6.02. The first-order chi connectivity index (χ1) is 6.59. The minimum atomic E-state index is 0.610. The molecule has 0 aliphatic heterocycles. The lowest BCUT2D eigenvalue weighted by molar-refractivity contribution is 0.627. The van der Waals surface area contributed by atoms with E-state index in [-0.39, 0.29) is 0 Å². The number of hydrogen-bond acceptors (Lipinski definition) is 2. The van der Waals surface area contributed by atoms with Crippen LogP contribution in [0.25, 0.3) is 0 Å². The fraction of sp³-hybridized carbons (Fsp3) is 0.500. The zero-order chi connectivity index (χ0) is 10.6. The number of thiocarbonyl (C=S) groups is 1. The molecule has 0 unspecified atom stereocenters. The van der Waals surface area contributed by atoms with Gasteiger partial charge in [-0.15, -0.1) is 11.3 Å². The molecule has 0 aliphatic carbocycles. The predicted molar refractivity (Wildman–Crippen MR) is 68.1 cm³/mol. The molecule has 2 N–H and O–H groups in total. The molecule has 1 aromatic rings. The molecule has 14 heavy (non-hydrogen) atoms. The summed E-state index contributed by atoms with van der Waals surface area (Å²) < 4.78 is 0. The van der Waals surface area contributed by atoms with Crippen molar-refractivity contribution in [1.29, 1.82) is 0 Å². The molecule has 0 aromatic carbocycles. The summed E-state index contributed by atoms with van der Waals surface area (Å²) in [6.45, 7) is 7.30. The fourth-order valence-electron chi connectivity index (χ4n) is 0.952. The van der Waals surface area contributed by atoms with Crippen molar-refractivity contribution in [3.05, 3.63) is 16.3 Å². The van der Waals surface area contributed by atoms with Gasteiger partial charge in [0.2, 0.25) is 0 Å². The average molecular weight is 228 g/mol. The average Bonchev–Trinajstić information content (AvgIpc) is 2.49. The van der Waals surface area contributed by atoms with Crippen molar-refractivity contribution in [3.8, 4) is 0 Å². The zero-order valence-electron chi connectivity index (χ0n) is 8.76. The SMILES string of the molecule is Cc1cscc1NC(=S)NCC(C)C. The molecule has 4 heteroatoms. The Hall–Kier alpha value is -0.610. The van der Waals surface area contributed by atoms with E-state index < -0.39 is 0 Å².